The molecule has 3 heteroatoms. The lowest BCUT2D eigenvalue weighted by Crippen LogP contribution is -2.30. The van der Waals surface area contributed by atoms with E-state index in [1.807, 2.05) is 7.05 Å². The Balaban J connectivity index is 2.58. The summed E-state index contributed by atoms with van der Waals surface area (Å²) >= 11 is 0. The Morgan fingerprint density at radius 3 is 2.64 bits per heavy atom. The third kappa shape index (κ3) is 1.93. The maximum absolute atomic E-state index is 11.3. The minimum atomic E-state index is 0.266. The van der Waals surface area contributed by atoms with Crippen molar-refractivity contribution in [2.45, 2.75) is 19.4 Å². The van der Waals surface area contributed by atoms with Gasteiger partial charge in [0.05, 0.1) is 0 Å². The first-order valence-electron chi connectivity index (χ1n) is 4.05. The fourth-order valence-corrected chi connectivity index (χ4v) is 1.22. The molecule has 0 N–H and O–H groups in total. The summed E-state index contributed by atoms with van der Waals surface area (Å²) in [7, 11) is 3.94. The van der Waals surface area contributed by atoms with E-state index in [1.54, 1.807) is 4.90 Å². The van der Waals surface area contributed by atoms with Crippen molar-refractivity contribution in [1.82, 2.24) is 9.80 Å². The summed E-state index contributed by atoms with van der Waals surface area (Å²) < 4.78 is 0. The zero-order chi connectivity index (χ0) is 8.43. The van der Waals surface area contributed by atoms with Gasteiger partial charge in [0, 0.05) is 32.6 Å². The molecule has 0 saturated carbocycles. The molecule has 1 saturated heterocycles. The summed E-state index contributed by atoms with van der Waals surface area (Å²) in [5, 5.41) is 0. The number of nitrogens with zero attached hydrogens (tertiary/aromatic N) is 2. The van der Waals surface area contributed by atoms with Gasteiger partial charge in [-0.2, -0.15) is 0 Å². The molecule has 0 aliphatic carbocycles. The molecule has 1 aliphatic heterocycles. The fourth-order valence-electron chi connectivity index (χ4n) is 1.22. The van der Waals surface area contributed by atoms with Crippen LogP contribution < -0.4 is 0 Å². The Bertz CT molecular complexity index is 158. The van der Waals surface area contributed by atoms with Crippen LogP contribution in [-0.4, -0.2) is 48.9 Å². The van der Waals surface area contributed by atoms with Crippen molar-refractivity contribution < 1.29 is 4.79 Å². The van der Waals surface area contributed by atoms with Crippen LogP contribution in [0.3, 0.4) is 0 Å². The molecule has 1 aliphatic rings. The standard InChI is InChI=1S/C8H16N2O/c1-7-6-8(11)10(3)5-4-9(7)2/h7H,4-6H2,1-3H3. The molecule has 1 unspecified atom stereocenters. The van der Waals surface area contributed by atoms with Crippen LogP contribution in [0.4, 0.5) is 0 Å². The van der Waals surface area contributed by atoms with E-state index in [0.717, 1.165) is 13.1 Å². The average Bonchev–Trinajstić information content (AvgIpc) is 2.05. The number of likely N-dealkylation sites (N-methyl/N-ethyl adjacent to an activating group) is 2. The molecule has 1 fully saturated rings. The maximum atomic E-state index is 11.3. The smallest absolute Gasteiger partial charge is 0.223 e. The number of rotatable bonds is 0. The number of carbonyl (C=O) groups excluding carboxylic acids is 1. The van der Waals surface area contributed by atoms with Gasteiger partial charge in [-0.05, 0) is 14.0 Å². The molecule has 0 aromatic rings. The summed E-state index contributed by atoms with van der Waals surface area (Å²) in [5.74, 6) is 0.266. The number of amides is 1. The second kappa shape index (κ2) is 3.22. The van der Waals surface area contributed by atoms with Gasteiger partial charge in [0.1, 0.15) is 0 Å². The van der Waals surface area contributed by atoms with Crippen LogP contribution in [0.2, 0.25) is 0 Å². The minimum Gasteiger partial charge on any atom is -0.344 e. The predicted octanol–water partition coefficient (Wildman–Crippen LogP) is 0.169. The zero-order valence-corrected chi connectivity index (χ0v) is 7.50. The summed E-state index contributed by atoms with van der Waals surface area (Å²) in [4.78, 5) is 15.3. The molecule has 1 heterocycles. The van der Waals surface area contributed by atoms with Crippen LogP contribution in [0.15, 0.2) is 0 Å². The van der Waals surface area contributed by atoms with Crippen LogP contribution in [0, 0.1) is 0 Å². The van der Waals surface area contributed by atoms with Gasteiger partial charge in [0.2, 0.25) is 5.91 Å². The minimum absolute atomic E-state index is 0.266. The Kier molecular flexibility index (Phi) is 2.49. The quantitative estimate of drug-likeness (QED) is 0.499. The van der Waals surface area contributed by atoms with E-state index in [2.05, 4.69) is 18.9 Å². The Hall–Kier alpha value is -0.570. The number of hydrogen-bond acceptors (Lipinski definition) is 2. The van der Waals surface area contributed by atoms with Gasteiger partial charge >= 0.3 is 0 Å². The van der Waals surface area contributed by atoms with Crippen molar-refractivity contribution >= 4 is 5.91 Å². The van der Waals surface area contributed by atoms with E-state index < -0.39 is 0 Å². The van der Waals surface area contributed by atoms with E-state index in [4.69, 9.17) is 0 Å². The molecular formula is C8H16N2O. The topological polar surface area (TPSA) is 23.6 Å². The summed E-state index contributed by atoms with van der Waals surface area (Å²) in [5.41, 5.74) is 0. The Morgan fingerprint density at radius 1 is 1.36 bits per heavy atom. The monoisotopic (exact) mass is 156 g/mol. The zero-order valence-electron chi connectivity index (χ0n) is 7.50. The van der Waals surface area contributed by atoms with Crippen molar-refractivity contribution in [2.24, 2.45) is 0 Å². The van der Waals surface area contributed by atoms with Crippen molar-refractivity contribution in [1.29, 1.82) is 0 Å². The lowest BCUT2D eigenvalue weighted by molar-refractivity contribution is -0.129. The molecule has 3 nitrogen and oxygen atoms in total. The van der Waals surface area contributed by atoms with Crippen LogP contribution >= 0.6 is 0 Å². The van der Waals surface area contributed by atoms with Gasteiger partial charge in [0.25, 0.3) is 0 Å². The van der Waals surface area contributed by atoms with Gasteiger partial charge in [-0.1, -0.05) is 0 Å². The third-order valence-corrected chi connectivity index (χ3v) is 2.44. The molecular weight excluding hydrogens is 140 g/mol. The highest BCUT2D eigenvalue weighted by atomic mass is 16.2. The SMILES string of the molecule is CC1CC(=O)N(C)CCN1C. The first-order valence-corrected chi connectivity index (χ1v) is 4.05. The third-order valence-electron chi connectivity index (χ3n) is 2.44. The first-order chi connectivity index (χ1) is 5.11. The van der Waals surface area contributed by atoms with Crippen molar-refractivity contribution in [2.75, 3.05) is 27.2 Å². The highest BCUT2D eigenvalue weighted by Gasteiger charge is 2.20. The first kappa shape index (κ1) is 8.53. The van der Waals surface area contributed by atoms with Gasteiger partial charge in [-0.25, -0.2) is 0 Å². The second-order valence-corrected chi connectivity index (χ2v) is 3.35. The highest BCUT2D eigenvalue weighted by molar-refractivity contribution is 5.76. The summed E-state index contributed by atoms with van der Waals surface area (Å²) in [6, 6.07) is 0.396. The van der Waals surface area contributed by atoms with E-state index in [9.17, 15) is 4.79 Å². The average molecular weight is 156 g/mol. The Morgan fingerprint density at radius 2 is 2.00 bits per heavy atom. The highest BCUT2D eigenvalue weighted by Crippen LogP contribution is 2.07. The molecule has 1 rings (SSSR count). The van der Waals surface area contributed by atoms with Gasteiger partial charge < -0.3 is 9.80 Å². The molecule has 0 bridgehead atoms. The van der Waals surface area contributed by atoms with Crippen molar-refractivity contribution in [3.8, 4) is 0 Å². The van der Waals surface area contributed by atoms with Gasteiger partial charge in [-0.15, -0.1) is 0 Å². The molecule has 0 radical (unpaired) electrons. The van der Waals surface area contributed by atoms with Crippen molar-refractivity contribution in [3.63, 3.8) is 0 Å². The molecule has 64 valence electrons. The van der Waals surface area contributed by atoms with Crippen LogP contribution in [0.1, 0.15) is 13.3 Å². The largest absolute Gasteiger partial charge is 0.344 e. The molecule has 0 spiro atoms. The van der Waals surface area contributed by atoms with E-state index >= 15 is 0 Å². The summed E-state index contributed by atoms with van der Waals surface area (Å²) in [6.45, 7) is 3.94. The lowest BCUT2D eigenvalue weighted by Gasteiger charge is -2.19. The van der Waals surface area contributed by atoms with Gasteiger partial charge in [-0.3, -0.25) is 4.79 Å². The van der Waals surface area contributed by atoms with Crippen molar-refractivity contribution in [3.05, 3.63) is 0 Å². The maximum Gasteiger partial charge on any atom is 0.223 e. The van der Waals surface area contributed by atoms with Gasteiger partial charge in [0.15, 0.2) is 0 Å². The normalized spacial score (nSPS) is 28.8. The second-order valence-electron chi connectivity index (χ2n) is 3.35. The predicted molar refractivity (Wildman–Crippen MR) is 44.3 cm³/mol. The number of hydrogen-bond donors (Lipinski definition) is 0. The van der Waals surface area contributed by atoms with E-state index in [0.29, 0.717) is 12.5 Å². The molecule has 1 atom stereocenters. The Labute approximate surface area is 68.0 Å². The molecule has 0 aromatic heterocycles. The van der Waals surface area contributed by atoms with Crippen LogP contribution in [0.5, 0.6) is 0 Å². The molecule has 11 heavy (non-hydrogen) atoms. The number of carbonyl (C=O) groups is 1. The molecule has 1 amide bonds. The van der Waals surface area contributed by atoms with Crippen LogP contribution in [-0.2, 0) is 4.79 Å². The van der Waals surface area contributed by atoms with E-state index in [1.165, 1.54) is 0 Å². The lowest BCUT2D eigenvalue weighted by atomic mass is 10.2. The van der Waals surface area contributed by atoms with E-state index in [-0.39, 0.29) is 5.91 Å². The fraction of sp³-hybridized carbons (Fsp3) is 0.875. The molecule has 0 aromatic carbocycles. The van der Waals surface area contributed by atoms with Crippen LogP contribution in [0.25, 0.3) is 0 Å². The summed E-state index contributed by atoms with van der Waals surface area (Å²) in [6.07, 6.45) is 0.660.